The molecule has 2 amide bonds. The SMILES string of the molecule is CCCN(CC1CC1)C(=O)C=Cc1csc(N(C(C)=O)c2ccccc2F)n1. The highest BCUT2D eigenvalue weighted by Gasteiger charge is 2.25. The van der Waals surface area contributed by atoms with Crippen LogP contribution in [0.25, 0.3) is 6.08 Å². The molecule has 28 heavy (non-hydrogen) atoms. The lowest BCUT2D eigenvalue weighted by atomic mass is 10.3. The number of hydrogen-bond acceptors (Lipinski definition) is 4. The van der Waals surface area contributed by atoms with Gasteiger partial charge in [-0.15, -0.1) is 11.3 Å². The van der Waals surface area contributed by atoms with E-state index in [-0.39, 0.29) is 17.5 Å². The van der Waals surface area contributed by atoms with Crippen molar-refractivity contribution in [3.8, 4) is 0 Å². The van der Waals surface area contributed by atoms with E-state index in [1.165, 1.54) is 54.2 Å². The Bertz CT molecular complexity index is 876. The van der Waals surface area contributed by atoms with Gasteiger partial charge in [-0.1, -0.05) is 19.1 Å². The highest BCUT2D eigenvalue weighted by atomic mass is 32.1. The van der Waals surface area contributed by atoms with Crippen molar-refractivity contribution in [3.05, 3.63) is 47.2 Å². The smallest absolute Gasteiger partial charge is 0.246 e. The molecule has 7 heteroatoms. The van der Waals surface area contributed by atoms with Gasteiger partial charge in [0.2, 0.25) is 11.8 Å². The second-order valence-corrected chi connectivity index (χ2v) is 7.76. The number of nitrogens with zero attached hydrogens (tertiary/aromatic N) is 3. The number of amides is 2. The summed E-state index contributed by atoms with van der Waals surface area (Å²) in [5.74, 6) is -0.208. The zero-order chi connectivity index (χ0) is 20.1. The summed E-state index contributed by atoms with van der Waals surface area (Å²) < 4.78 is 14.1. The summed E-state index contributed by atoms with van der Waals surface area (Å²) in [4.78, 5) is 32.1. The molecule has 1 aromatic carbocycles. The molecule has 0 N–H and O–H groups in total. The molecule has 1 aromatic heterocycles. The largest absolute Gasteiger partial charge is 0.339 e. The number of rotatable bonds is 8. The van der Waals surface area contributed by atoms with Crippen LogP contribution < -0.4 is 4.90 Å². The van der Waals surface area contributed by atoms with Gasteiger partial charge in [0, 0.05) is 31.5 Å². The van der Waals surface area contributed by atoms with E-state index in [1.54, 1.807) is 23.6 Å². The van der Waals surface area contributed by atoms with Crippen LogP contribution in [0, 0.1) is 11.7 Å². The Kier molecular flexibility index (Phi) is 6.57. The number of para-hydroxylation sites is 1. The van der Waals surface area contributed by atoms with E-state index in [0.717, 1.165) is 19.5 Å². The summed E-state index contributed by atoms with van der Waals surface area (Å²) >= 11 is 1.23. The van der Waals surface area contributed by atoms with E-state index >= 15 is 0 Å². The van der Waals surface area contributed by atoms with Crippen LogP contribution in [0.4, 0.5) is 15.2 Å². The molecule has 1 saturated carbocycles. The lowest BCUT2D eigenvalue weighted by Gasteiger charge is -2.20. The van der Waals surface area contributed by atoms with Crippen molar-refractivity contribution in [2.24, 2.45) is 5.92 Å². The number of aromatic nitrogens is 1. The first-order valence-electron chi connectivity index (χ1n) is 9.47. The number of halogens is 1. The van der Waals surface area contributed by atoms with Crippen molar-refractivity contribution in [1.82, 2.24) is 9.88 Å². The first-order valence-corrected chi connectivity index (χ1v) is 10.3. The minimum Gasteiger partial charge on any atom is -0.339 e. The molecule has 0 saturated heterocycles. The Balaban J connectivity index is 1.74. The number of hydrogen-bond donors (Lipinski definition) is 0. The molecular weight excluding hydrogens is 377 g/mol. The number of carbonyl (C=O) groups is 2. The number of carbonyl (C=O) groups excluding carboxylic acids is 2. The Morgan fingerprint density at radius 3 is 2.71 bits per heavy atom. The van der Waals surface area contributed by atoms with E-state index in [4.69, 9.17) is 0 Å². The second kappa shape index (κ2) is 9.10. The Labute approximate surface area is 168 Å². The monoisotopic (exact) mass is 401 g/mol. The van der Waals surface area contributed by atoms with E-state index in [2.05, 4.69) is 11.9 Å². The molecule has 1 heterocycles. The van der Waals surface area contributed by atoms with Crippen molar-refractivity contribution < 1.29 is 14.0 Å². The summed E-state index contributed by atoms with van der Waals surface area (Å²) in [6, 6.07) is 6.09. The van der Waals surface area contributed by atoms with Gasteiger partial charge in [-0.2, -0.15) is 0 Å². The van der Waals surface area contributed by atoms with Gasteiger partial charge in [0.1, 0.15) is 5.82 Å². The molecule has 0 unspecified atom stereocenters. The van der Waals surface area contributed by atoms with E-state index < -0.39 is 5.82 Å². The van der Waals surface area contributed by atoms with Crippen molar-refractivity contribution in [2.45, 2.75) is 33.1 Å². The summed E-state index contributed by atoms with van der Waals surface area (Å²) in [6.45, 7) is 4.98. The molecule has 1 aliphatic rings. The molecule has 1 fully saturated rings. The van der Waals surface area contributed by atoms with Crippen LogP contribution in [0.1, 0.15) is 38.8 Å². The maximum atomic E-state index is 14.1. The highest BCUT2D eigenvalue weighted by Crippen LogP contribution is 2.31. The summed E-state index contributed by atoms with van der Waals surface area (Å²) in [6.07, 6.45) is 6.49. The van der Waals surface area contributed by atoms with Gasteiger partial charge in [-0.05, 0) is 43.4 Å². The first-order chi connectivity index (χ1) is 13.5. The van der Waals surface area contributed by atoms with Gasteiger partial charge >= 0.3 is 0 Å². The fourth-order valence-electron chi connectivity index (χ4n) is 2.93. The summed E-state index contributed by atoms with van der Waals surface area (Å²) in [5.41, 5.74) is 0.730. The molecule has 1 aliphatic carbocycles. The van der Waals surface area contributed by atoms with E-state index in [1.807, 2.05) is 4.90 Å². The van der Waals surface area contributed by atoms with Crippen LogP contribution in [0.5, 0.6) is 0 Å². The first kappa shape index (κ1) is 20.2. The average Bonchev–Trinajstić information content (AvgIpc) is 3.37. The van der Waals surface area contributed by atoms with Crippen LogP contribution in [-0.4, -0.2) is 34.8 Å². The maximum absolute atomic E-state index is 14.1. The number of anilines is 2. The zero-order valence-electron chi connectivity index (χ0n) is 16.1. The topological polar surface area (TPSA) is 53.5 Å². The van der Waals surface area contributed by atoms with Crippen LogP contribution in [-0.2, 0) is 9.59 Å². The molecule has 5 nitrogen and oxygen atoms in total. The van der Waals surface area contributed by atoms with Crippen molar-refractivity contribution in [3.63, 3.8) is 0 Å². The molecular formula is C21H24FN3O2S. The van der Waals surface area contributed by atoms with Crippen LogP contribution >= 0.6 is 11.3 Å². The third kappa shape index (κ3) is 5.04. The van der Waals surface area contributed by atoms with Gasteiger partial charge in [-0.25, -0.2) is 9.37 Å². The number of benzene rings is 1. The lowest BCUT2D eigenvalue weighted by Crippen LogP contribution is -2.32. The van der Waals surface area contributed by atoms with Gasteiger partial charge in [0.05, 0.1) is 11.4 Å². The molecule has 0 aliphatic heterocycles. The van der Waals surface area contributed by atoms with Gasteiger partial charge < -0.3 is 4.90 Å². The van der Waals surface area contributed by atoms with Crippen LogP contribution in [0.15, 0.2) is 35.7 Å². The molecule has 0 bridgehead atoms. The van der Waals surface area contributed by atoms with Crippen molar-refractivity contribution in [2.75, 3.05) is 18.0 Å². The second-order valence-electron chi connectivity index (χ2n) is 6.92. The van der Waals surface area contributed by atoms with Gasteiger partial charge in [-0.3, -0.25) is 14.5 Å². The molecule has 0 radical (unpaired) electrons. The molecule has 3 rings (SSSR count). The van der Waals surface area contributed by atoms with Gasteiger partial charge in [0.25, 0.3) is 0 Å². The fourth-order valence-corrected chi connectivity index (χ4v) is 3.78. The minimum absolute atomic E-state index is 0.0270. The lowest BCUT2D eigenvalue weighted by molar-refractivity contribution is -0.126. The molecule has 0 spiro atoms. The highest BCUT2D eigenvalue weighted by molar-refractivity contribution is 7.14. The quantitative estimate of drug-likeness (QED) is 0.606. The maximum Gasteiger partial charge on any atom is 0.246 e. The third-order valence-electron chi connectivity index (χ3n) is 4.49. The van der Waals surface area contributed by atoms with E-state index in [0.29, 0.717) is 16.7 Å². The normalized spacial score (nSPS) is 13.7. The zero-order valence-corrected chi connectivity index (χ0v) is 16.9. The van der Waals surface area contributed by atoms with Gasteiger partial charge in [0.15, 0.2) is 5.13 Å². The number of thiazole rings is 1. The molecule has 2 aromatic rings. The third-order valence-corrected chi connectivity index (χ3v) is 5.33. The average molecular weight is 402 g/mol. The predicted octanol–water partition coefficient (Wildman–Crippen LogP) is 4.63. The van der Waals surface area contributed by atoms with Crippen LogP contribution in [0.2, 0.25) is 0 Å². The fraction of sp³-hybridized carbons (Fsp3) is 0.381. The standard InChI is InChI=1S/C21H24FN3O2S/c1-3-12-24(13-16-8-9-16)20(27)11-10-17-14-28-21(23-17)25(15(2)26)19-7-5-4-6-18(19)22/h4-7,10-11,14,16H,3,8-9,12-13H2,1-2H3. The predicted molar refractivity (Wildman–Crippen MR) is 110 cm³/mol. The Morgan fingerprint density at radius 2 is 2.07 bits per heavy atom. The molecule has 0 atom stereocenters. The molecule has 148 valence electrons. The van der Waals surface area contributed by atoms with Crippen molar-refractivity contribution >= 4 is 40.0 Å². The Hall–Kier alpha value is -2.54. The summed E-state index contributed by atoms with van der Waals surface area (Å²) in [7, 11) is 0. The van der Waals surface area contributed by atoms with Crippen molar-refractivity contribution in [1.29, 1.82) is 0 Å². The summed E-state index contributed by atoms with van der Waals surface area (Å²) in [5, 5.41) is 2.12. The Morgan fingerprint density at radius 1 is 1.32 bits per heavy atom. The van der Waals surface area contributed by atoms with E-state index in [9.17, 15) is 14.0 Å². The van der Waals surface area contributed by atoms with Crippen LogP contribution in [0.3, 0.4) is 0 Å². The minimum atomic E-state index is -0.490.